The molecule has 1 atom stereocenters. The van der Waals surface area contributed by atoms with Gasteiger partial charge in [-0.05, 0) is 63.7 Å². The normalized spacial score (nSPS) is 18.9. The van der Waals surface area contributed by atoms with Crippen LogP contribution in [0.1, 0.15) is 115 Å². The first-order valence-electron chi connectivity index (χ1n) is 10.7. The Morgan fingerprint density at radius 3 is 1.44 bits per heavy atom. The van der Waals surface area contributed by atoms with Crippen molar-refractivity contribution < 1.29 is 0 Å². The van der Waals surface area contributed by atoms with Gasteiger partial charge in [0.2, 0.25) is 0 Å². The molecule has 1 unspecified atom stereocenters. The van der Waals surface area contributed by atoms with Gasteiger partial charge in [0.1, 0.15) is 0 Å². The van der Waals surface area contributed by atoms with Crippen molar-refractivity contribution in [1.82, 2.24) is 0 Å². The zero-order valence-electron chi connectivity index (χ0n) is 18.5. The summed E-state index contributed by atoms with van der Waals surface area (Å²) < 4.78 is 0. The minimum Gasteiger partial charge on any atom is -0.0883 e. The SMILES string of the molecule is C.CC.CC.CC.CC1=CCCC1.CC1C=CCC1.CC1CC=CC1. The maximum absolute atomic E-state index is 2.32. The standard InChI is InChI=1S/3C6H10.3C2H6.CH4/c3*1-6-4-2-3-5-6;3*1-2;/h4H,2-3,5H2,1H3;2,4,6H,3,5H2,1H3;2-3,6H,4-5H2,1H3;3*1-2H3;1H4. The fourth-order valence-corrected chi connectivity index (χ4v) is 2.37. The monoisotopic (exact) mass is 352 g/mol. The van der Waals surface area contributed by atoms with Crippen LogP contribution in [-0.4, -0.2) is 0 Å². The van der Waals surface area contributed by atoms with Crippen LogP contribution in [0.4, 0.5) is 0 Å². The van der Waals surface area contributed by atoms with Gasteiger partial charge in [0, 0.05) is 0 Å². The molecule has 0 aromatic carbocycles. The van der Waals surface area contributed by atoms with Crippen molar-refractivity contribution in [2.24, 2.45) is 11.8 Å². The van der Waals surface area contributed by atoms with E-state index in [-0.39, 0.29) is 7.43 Å². The predicted octanol–water partition coefficient (Wildman–Crippen LogP) is 9.78. The Bertz CT molecular complexity index is 285. The Hall–Kier alpha value is -0.780. The van der Waals surface area contributed by atoms with E-state index in [0.29, 0.717) is 0 Å². The van der Waals surface area contributed by atoms with Gasteiger partial charge < -0.3 is 0 Å². The molecule has 0 aliphatic heterocycles. The Morgan fingerprint density at radius 2 is 1.32 bits per heavy atom. The van der Waals surface area contributed by atoms with E-state index in [1.807, 2.05) is 41.5 Å². The molecule has 25 heavy (non-hydrogen) atoms. The van der Waals surface area contributed by atoms with Gasteiger partial charge in [-0.1, -0.05) is 98.8 Å². The van der Waals surface area contributed by atoms with E-state index in [4.69, 9.17) is 0 Å². The molecule has 0 aromatic heterocycles. The Morgan fingerprint density at radius 1 is 0.800 bits per heavy atom. The molecule has 0 fully saturated rings. The topological polar surface area (TPSA) is 0 Å². The molecule has 152 valence electrons. The second-order valence-electron chi connectivity index (χ2n) is 5.97. The lowest BCUT2D eigenvalue weighted by Crippen LogP contribution is -1.79. The Labute approximate surface area is 162 Å². The van der Waals surface area contributed by atoms with Crippen molar-refractivity contribution >= 4 is 0 Å². The average Bonchev–Trinajstić information content (AvgIpc) is 3.40. The first kappa shape index (κ1) is 31.9. The smallest absolute Gasteiger partial charge is 0.0259 e. The molecule has 3 aliphatic rings. The lowest BCUT2D eigenvalue weighted by atomic mass is 10.1. The number of hydrogen-bond acceptors (Lipinski definition) is 0. The summed E-state index contributed by atoms with van der Waals surface area (Å²) in [5, 5.41) is 0. The molecule has 0 radical (unpaired) electrons. The zero-order valence-corrected chi connectivity index (χ0v) is 18.5. The van der Waals surface area contributed by atoms with Crippen molar-refractivity contribution in [2.75, 3.05) is 0 Å². The summed E-state index contributed by atoms with van der Waals surface area (Å²) in [6.45, 7) is 18.7. The summed E-state index contributed by atoms with van der Waals surface area (Å²) in [7, 11) is 0. The fourth-order valence-electron chi connectivity index (χ4n) is 2.37. The molecule has 0 heteroatoms. The van der Waals surface area contributed by atoms with Crippen LogP contribution >= 0.6 is 0 Å². The lowest BCUT2D eigenvalue weighted by Gasteiger charge is -1.92. The molecule has 3 aliphatic carbocycles. The third-order valence-corrected chi connectivity index (χ3v) is 3.76. The Kier molecular flexibility index (Phi) is 35.8. The summed E-state index contributed by atoms with van der Waals surface area (Å²) in [6.07, 6.45) is 20.7. The van der Waals surface area contributed by atoms with Crippen LogP contribution in [0.15, 0.2) is 36.0 Å². The fraction of sp³-hybridized carbons (Fsp3) is 0.760. The molecule has 0 N–H and O–H groups in total. The van der Waals surface area contributed by atoms with Crippen molar-refractivity contribution in [3.63, 3.8) is 0 Å². The lowest BCUT2D eigenvalue weighted by molar-refractivity contribution is 0.638. The molecular weight excluding hydrogens is 300 g/mol. The second kappa shape index (κ2) is 28.0. The molecule has 0 amide bonds. The van der Waals surface area contributed by atoms with Crippen LogP contribution in [0, 0.1) is 11.8 Å². The maximum atomic E-state index is 2.32. The molecule has 0 spiro atoms. The summed E-state index contributed by atoms with van der Waals surface area (Å²) in [6, 6.07) is 0. The summed E-state index contributed by atoms with van der Waals surface area (Å²) in [4.78, 5) is 0. The summed E-state index contributed by atoms with van der Waals surface area (Å²) in [5.74, 6) is 1.80. The van der Waals surface area contributed by atoms with E-state index in [1.165, 1.54) is 44.9 Å². The number of rotatable bonds is 0. The van der Waals surface area contributed by atoms with E-state index >= 15 is 0 Å². The quantitative estimate of drug-likeness (QED) is 0.380. The van der Waals surface area contributed by atoms with Crippen molar-refractivity contribution in [3.8, 4) is 0 Å². The van der Waals surface area contributed by atoms with Crippen molar-refractivity contribution in [1.29, 1.82) is 0 Å². The van der Waals surface area contributed by atoms with Gasteiger partial charge in [-0.15, -0.1) is 0 Å². The first-order chi connectivity index (χ1) is 11.7. The van der Waals surface area contributed by atoms with Gasteiger partial charge in [0.25, 0.3) is 0 Å². The van der Waals surface area contributed by atoms with Crippen LogP contribution in [0.25, 0.3) is 0 Å². The highest BCUT2D eigenvalue weighted by Gasteiger charge is 2.00. The molecule has 0 nitrogen and oxygen atoms in total. The predicted molar refractivity (Wildman–Crippen MR) is 123 cm³/mol. The summed E-state index contributed by atoms with van der Waals surface area (Å²) >= 11 is 0. The van der Waals surface area contributed by atoms with Gasteiger partial charge in [-0.2, -0.15) is 0 Å². The minimum atomic E-state index is 0. The Balaban J connectivity index is -0.000000113. The first-order valence-corrected chi connectivity index (χ1v) is 10.7. The highest BCUT2D eigenvalue weighted by Crippen LogP contribution is 2.16. The summed E-state index contributed by atoms with van der Waals surface area (Å²) in [5.41, 5.74) is 1.58. The van der Waals surface area contributed by atoms with Gasteiger partial charge in [-0.25, -0.2) is 0 Å². The number of allylic oxidation sites excluding steroid dienone is 6. The minimum absolute atomic E-state index is 0. The van der Waals surface area contributed by atoms with E-state index < -0.39 is 0 Å². The molecule has 0 saturated heterocycles. The second-order valence-corrected chi connectivity index (χ2v) is 5.97. The van der Waals surface area contributed by atoms with Crippen LogP contribution in [0.3, 0.4) is 0 Å². The molecule has 0 aromatic rings. The van der Waals surface area contributed by atoms with E-state index in [9.17, 15) is 0 Å². The molecule has 0 bridgehead atoms. The van der Waals surface area contributed by atoms with Gasteiger partial charge >= 0.3 is 0 Å². The molecule has 0 heterocycles. The van der Waals surface area contributed by atoms with E-state index in [0.717, 1.165) is 11.8 Å². The van der Waals surface area contributed by atoms with Gasteiger partial charge in [-0.3, -0.25) is 0 Å². The third-order valence-electron chi connectivity index (χ3n) is 3.76. The van der Waals surface area contributed by atoms with Gasteiger partial charge in [0.05, 0.1) is 0 Å². The van der Waals surface area contributed by atoms with Crippen LogP contribution in [-0.2, 0) is 0 Å². The molecular formula is C25H52. The molecule has 0 saturated carbocycles. The van der Waals surface area contributed by atoms with Gasteiger partial charge in [0.15, 0.2) is 0 Å². The highest BCUT2D eigenvalue weighted by atomic mass is 14.1. The van der Waals surface area contributed by atoms with Crippen LogP contribution < -0.4 is 0 Å². The van der Waals surface area contributed by atoms with Crippen molar-refractivity contribution in [2.45, 2.75) is 115 Å². The zero-order chi connectivity index (χ0) is 19.2. The average molecular weight is 353 g/mol. The maximum Gasteiger partial charge on any atom is -0.0259 e. The van der Waals surface area contributed by atoms with E-state index in [1.54, 1.807) is 5.57 Å². The van der Waals surface area contributed by atoms with E-state index in [2.05, 4.69) is 51.2 Å². The van der Waals surface area contributed by atoms with Crippen molar-refractivity contribution in [3.05, 3.63) is 36.0 Å². The third kappa shape index (κ3) is 25.6. The molecule has 3 rings (SSSR count). The number of hydrogen-bond donors (Lipinski definition) is 0. The van der Waals surface area contributed by atoms with Crippen LogP contribution in [0.2, 0.25) is 0 Å². The van der Waals surface area contributed by atoms with Crippen LogP contribution in [0.5, 0.6) is 0 Å². The highest BCUT2D eigenvalue weighted by molar-refractivity contribution is 5.03. The largest absolute Gasteiger partial charge is 0.0883 e.